The summed E-state index contributed by atoms with van der Waals surface area (Å²) in [6.45, 7) is 2.20. The normalized spacial score (nSPS) is 19.0. The quantitative estimate of drug-likeness (QED) is 0.788. The van der Waals surface area contributed by atoms with Crippen molar-refractivity contribution in [3.05, 3.63) is 29.4 Å². The maximum absolute atomic E-state index is 12.9. The van der Waals surface area contributed by atoms with Crippen LogP contribution in [-0.2, 0) is 0 Å². The van der Waals surface area contributed by atoms with Gasteiger partial charge in [-0.1, -0.05) is 0 Å². The van der Waals surface area contributed by atoms with Crippen molar-refractivity contribution in [1.82, 2.24) is 15.3 Å². The van der Waals surface area contributed by atoms with E-state index in [-0.39, 0.29) is 17.6 Å². The van der Waals surface area contributed by atoms with Gasteiger partial charge in [-0.2, -0.15) is 13.2 Å². The molecular weight excluding hydrogens is 409 g/mol. The van der Waals surface area contributed by atoms with Crippen molar-refractivity contribution in [2.75, 3.05) is 28.2 Å². The van der Waals surface area contributed by atoms with Gasteiger partial charge in [0.05, 0.1) is 11.7 Å². The lowest BCUT2D eigenvalue weighted by molar-refractivity contribution is -0.149. The Morgan fingerprint density at radius 2 is 2.14 bits per heavy atom. The molecule has 2 bridgehead atoms. The number of nitrogens with one attached hydrogen (secondary N) is 2. The summed E-state index contributed by atoms with van der Waals surface area (Å²) in [7, 11) is 0. The largest absolute Gasteiger partial charge is 0.408 e. The number of halogens is 3. The summed E-state index contributed by atoms with van der Waals surface area (Å²) in [5.74, 6) is -0.703. The lowest BCUT2D eigenvalue weighted by Gasteiger charge is -2.35. The summed E-state index contributed by atoms with van der Waals surface area (Å²) in [6.07, 6.45) is -2.28. The van der Waals surface area contributed by atoms with E-state index in [1.54, 1.807) is 17.6 Å². The fraction of sp³-hybridized carbons (Fsp3) is 0.412. The van der Waals surface area contributed by atoms with Crippen molar-refractivity contribution in [2.45, 2.75) is 31.6 Å². The number of carbonyl (C=O) groups excluding carboxylic acids is 2. The van der Waals surface area contributed by atoms with Crippen LogP contribution in [0.2, 0.25) is 0 Å². The molecular formula is C17H17F3N6O2S. The summed E-state index contributed by atoms with van der Waals surface area (Å²) in [6, 6.07) is 0.369. The molecule has 2 aromatic rings. The first-order valence-corrected chi connectivity index (χ1v) is 9.75. The highest BCUT2D eigenvalue weighted by molar-refractivity contribution is 7.13. The van der Waals surface area contributed by atoms with Crippen molar-refractivity contribution in [2.24, 2.45) is 0 Å². The third-order valence-corrected chi connectivity index (χ3v) is 5.58. The molecule has 2 aliphatic rings. The van der Waals surface area contributed by atoms with Gasteiger partial charge < -0.3 is 10.2 Å². The van der Waals surface area contributed by atoms with Crippen LogP contribution in [0.3, 0.4) is 0 Å². The summed E-state index contributed by atoms with van der Waals surface area (Å²) < 4.78 is 38.2. The van der Waals surface area contributed by atoms with Gasteiger partial charge in [0.15, 0.2) is 10.9 Å². The van der Waals surface area contributed by atoms with Crippen LogP contribution in [0.5, 0.6) is 0 Å². The van der Waals surface area contributed by atoms with Crippen molar-refractivity contribution >= 4 is 39.9 Å². The molecule has 12 heteroatoms. The summed E-state index contributed by atoms with van der Waals surface area (Å²) >= 11 is 1.26. The molecule has 8 nitrogen and oxygen atoms in total. The Kier molecular flexibility index (Phi) is 4.81. The fourth-order valence-corrected chi connectivity index (χ4v) is 3.91. The number of pyridine rings is 1. The predicted molar refractivity (Wildman–Crippen MR) is 101 cm³/mol. The molecule has 154 valence electrons. The second-order valence-corrected chi connectivity index (χ2v) is 7.70. The number of anilines is 3. The highest BCUT2D eigenvalue weighted by Crippen LogP contribution is 2.39. The van der Waals surface area contributed by atoms with Crippen molar-refractivity contribution in [3.63, 3.8) is 0 Å². The minimum Gasteiger partial charge on any atom is -0.366 e. The molecule has 2 aliphatic heterocycles. The second kappa shape index (κ2) is 7.17. The first-order chi connectivity index (χ1) is 13.7. The molecule has 1 fully saturated rings. The highest BCUT2D eigenvalue weighted by atomic mass is 32.1. The predicted octanol–water partition coefficient (Wildman–Crippen LogP) is 2.85. The van der Waals surface area contributed by atoms with Crippen LogP contribution in [0.1, 0.15) is 23.8 Å². The molecule has 2 atom stereocenters. The molecule has 0 spiro atoms. The van der Waals surface area contributed by atoms with Gasteiger partial charge in [0, 0.05) is 24.7 Å². The molecule has 2 N–H and O–H groups in total. The molecule has 4 heterocycles. The highest BCUT2D eigenvalue weighted by Gasteiger charge is 2.41. The molecule has 1 saturated heterocycles. The first kappa shape index (κ1) is 19.4. The van der Waals surface area contributed by atoms with Crippen molar-refractivity contribution in [3.8, 4) is 0 Å². The molecule has 0 aliphatic carbocycles. The van der Waals surface area contributed by atoms with Gasteiger partial charge >= 0.3 is 12.2 Å². The number of urea groups is 1. The molecule has 0 saturated carbocycles. The lowest BCUT2D eigenvalue weighted by Crippen LogP contribution is -2.48. The number of carbonyl (C=O) groups is 2. The number of nitrogens with zero attached hydrogens (tertiary/aromatic N) is 4. The van der Waals surface area contributed by atoms with Gasteiger partial charge in [-0.15, -0.1) is 11.3 Å². The van der Waals surface area contributed by atoms with Crippen molar-refractivity contribution in [1.29, 1.82) is 0 Å². The van der Waals surface area contributed by atoms with Gasteiger partial charge in [-0.25, -0.2) is 14.8 Å². The number of alkyl halides is 3. The zero-order valence-corrected chi connectivity index (χ0v) is 16.0. The van der Waals surface area contributed by atoms with Gasteiger partial charge in [0.25, 0.3) is 5.91 Å². The van der Waals surface area contributed by atoms with E-state index in [1.165, 1.54) is 22.3 Å². The second-order valence-electron chi connectivity index (χ2n) is 6.80. The maximum Gasteiger partial charge on any atom is 0.408 e. The molecule has 3 amide bonds. The Bertz CT molecular complexity index is 936. The standard InChI is InChI=1S/C17H17F3N6O2S/c1-9(17(18,19)20)22-14(27)11-2-3-12-13(23-11)26(10-4-6-25(12)8-10)16(28)24-15-21-5-7-29-15/h2-3,5,7,9-10H,4,6,8H2,1H3,(H,22,27)(H,21,24,28)/t9?,10-/m0/s1. The number of rotatable bonds is 3. The molecule has 0 aromatic carbocycles. The van der Waals surface area contributed by atoms with E-state index in [0.717, 1.165) is 13.5 Å². The Morgan fingerprint density at radius 3 is 2.83 bits per heavy atom. The fourth-order valence-electron chi connectivity index (χ4n) is 3.39. The van der Waals surface area contributed by atoms with Crippen LogP contribution in [-0.4, -0.2) is 53.3 Å². The number of thiazole rings is 1. The SMILES string of the molecule is CC(NC(=O)c1ccc2c(n1)N(C(=O)Nc1nccs1)[C@H]1CCN2C1)C(F)(F)F. The third-order valence-electron chi connectivity index (χ3n) is 4.89. The van der Waals surface area contributed by atoms with Gasteiger partial charge in [-0.05, 0) is 25.5 Å². The van der Waals surface area contributed by atoms with Gasteiger partial charge in [0.1, 0.15) is 11.7 Å². The number of fused-ring (bicyclic) bond motifs is 4. The van der Waals surface area contributed by atoms with E-state index in [1.807, 2.05) is 10.2 Å². The van der Waals surface area contributed by atoms with Crippen LogP contribution >= 0.6 is 11.3 Å². The van der Waals surface area contributed by atoms with E-state index in [4.69, 9.17) is 0 Å². The Balaban J connectivity index is 1.63. The molecule has 4 rings (SSSR count). The summed E-state index contributed by atoms with van der Waals surface area (Å²) in [5.41, 5.74) is 0.475. The lowest BCUT2D eigenvalue weighted by atomic mass is 10.1. The van der Waals surface area contributed by atoms with Crippen LogP contribution in [0.25, 0.3) is 0 Å². The zero-order chi connectivity index (χ0) is 20.8. The first-order valence-electron chi connectivity index (χ1n) is 8.87. The van der Waals surface area contributed by atoms with E-state index >= 15 is 0 Å². The van der Waals surface area contributed by atoms with Crippen LogP contribution in [0.4, 0.5) is 34.6 Å². The van der Waals surface area contributed by atoms with E-state index in [9.17, 15) is 22.8 Å². The molecule has 29 heavy (non-hydrogen) atoms. The van der Waals surface area contributed by atoms with Crippen LogP contribution < -0.4 is 20.4 Å². The number of aromatic nitrogens is 2. The van der Waals surface area contributed by atoms with Crippen LogP contribution in [0, 0.1) is 0 Å². The summed E-state index contributed by atoms with van der Waals surface area (Å²) in [4.78, 5) is 36.9. The van der Waals surface area contributed by atoms with Crippen LogP contribution in [0.15, 0.2) is 23.7 Å². The Hall–Kier alpha value is -2.89. The molecule has 0 radical (unpaired) electrons. The Labute approximate surface area is 167 Å². The number of hydrogen-bond donors (Lipinski definition) is 2. The van der Waals surface area contributed by atoms with Gasteiger partial charge in [-0.3, -0.25) is 15.0 Å². The third kappa shape index (κ3) is 3.71. The molecule has 1 unspecified atom stereocenters. The average Bonchev–Trinajstić information content (AvgIpc) is 3.31. The average molecular weight is 426 g/mol. The Morgan fingerprint density at radius 1 is 1.34 bits per heavy atom. The maximum atomic E-state index is 12.9. The number of hydrogen-bond acceptors (Lipinski definition) is 6. The summed E-state index contributed by atoms with van der Waals surface area (Å²) in [5, 5.41) is 6.74. The van der Waals surface area contributed by atoms with Crippen molar-refractivity contribution < 1.29 is 22.8 Å². The topological polar surface area (TPSA) is 90.5 Å². The minimum atomic E-state index is -4.56. The smallest absolute Gasteiger partial charge is 0.366 e. The molecule has 2 aromatic heterocycles. The van der Waals surface area contributed by atoms with E-state index in [0.29, 0.717) is 23.8 Å². The van der Waals surface area contributed by atoms with E-state index in [2.05, 4.69) is 15.3 Å². The number of amides is 3. The minimum absolute atomic E-state index is 0.151. The monoisotopic (exact) mass is 426 g/mol. The zero-order valence-electron chi connectivity index (χ0n) is 15.2. The van der Waals surface area contributed by atoms with E-state index < -0.39 is 24.2 Å². The van der Waals surface area contributed by atoms with Gasteiger partial charge in [0.2, 0.25) is 0 Å².